The monoisotopic (exact) mass is 290 g/mol. The van der Waals surface area contributed by atoms with E-state index in [1.165, 1.54) is 19.3 Å². The predicted octanol–water partition coefficient (Wildman–Crippen LogP) is 1.77. The normalized spacial score (nSPS) is 37.6. The Morgan fingerprint density at radius 1 is 1.24 bits per heavy atom. The van der Waals surface area contributed by atoms with E-state index in [2.05, 4.69) is 5.32 Å². The Balaban J connectivity index is 1.63. The first-order valence-electron chi connectivity index (χ1n) is 7.87. The van der Waals surface area contributed by atoms with Crippen LogP contribution in [0, 0.1) is 34.5 Å². The number of hydrogen-bond acceptors (Lipinski definition) is 4. The van der Waals surface area contributed by atoms with Crippen molar-refractivity contribution in [1.29, 1.82) is 5.26 Å². The van der Waals surface area contributed by atoms with E-state index in [0.29, 0.717) is 17.8 Å². The van der Waals surface area contributed by atoms with Crippen molar-refractivity contribution in [3.63, 3.8) is 0 Å². The number of hydrogen-bond donors (Lipinski definition) is 1. The van der Waals surface area contributed by atoms with Gasteiger partial charge in [0.2, 0.25) is 5.91 Å². The Labute approximate surface area is 125 Å². The number of ether oxygens (including phenoxy) is 1. The van der Waals surface area contributed by atoms with Crippen molar-refractivity contribution in [2.75, 3.05) is 6.61 Å². The molecule has 1 amide bonds. The second kappa shape index (κ2) is 5.32. The fourth-order valence-corrected chi connectivity index (χ4v) is 5.03. The summed E-state index contributed by atoms with van der Waals surface area (Å²) in [6.07, 6.45) is 6.78. The molecule has 0 aromatic rings. The number of esters is 1. The average molecular weight is 290 g/mol. The van der Waals surface area contributed by atoms with Gasteiger partial charge in [-0.2, -0.15) is 5.26 Å². The standard InChI is InChI=1S/C16H22N2O3/c1-10(14(19)21-3-2-17)18-15(20)16-7-11-4-12(8-16)6-13(5-11)9-16/h10-13H,3-9H2,1H3,(H,18,20)/t10-,11?,12?,13?,16?/m0/s1. The summed E-state index contributed by atoms with van der Waals surface area (Å²) in [5, 5.41) is 11.2. The van der Waals surface area contributed by atoms with E-state index in [1.54, 1.807) is 13.0 Å². The molecule has 0 spiro atoms. The van der Waals surface area contributed by atoms with Gasteiger partial charge in [0.05, 0.1) is 0 Å². The minimum absolute atomic E-state index is 0.0167. The van der Waals surface area contributed by atoms with Crippen LogP contribution in [0.3, 0.4) is 0 Å². The van der Waals surface area contributed by atoms with Crippen LogP contribution in [0.4, 0.5) is 0 Å². The van der Waals surface area contributed by atoms with Crippen molar-refractivity contribution in [3.8, 4) is 6.07 Å². The van der Waals surface area contributed by atoms with Gasteiger partial charge in [-0.1, -0.05) is 0 Å². The summed E-state index contributed by atoms with van der Waals surface area (Å²) in [5.74, 6) is 1.58. The molecular formula is C16H22N2O3. The topological polar surface area (TPSA) is 79.2 Å². The number of nitrogens with zero attached hydrogens (tertiary/aromatic N) is 1. The summed E-state index contributed by atoms with van der Waals surface area (Å²) < 4.78 is 4.76. The van der Waals surface area contributed by atoms with E-state index in [4.69, 9.17) is 10.00 Å². The lowest BCUT2D eigenvalue weighted by Gasteiger charge is -2.55. The number of amides is 1. The Morgan fingerprint density at radius 3 is 2.24 bits per heavy atom. The van der Waals surface area contributed by atoms with E-state index in [1.807, 2.05) is 0 Å². The second-order valence-electron chi connectivity index (χ2n) is 7.16. The first-order chi connectivity index (χ1) is 10.0. The Kier molecular flexibility index (Phi) is 3.64. The van der Waals surface area contributed by atoms with Crippen LogP contribution >= 0.6 is 0 Å². The molecule has 4 aliphatic rings. The smallest absolute Gasteiger partial charge is 0.329 e. The molecule has 1 N–H and O–H groups in total. The van der Waals surface area contributed by atoms with Gasteiger partial charge >= 0.3 is 5.97 Å². The van der Waals surface area contributed by atoms with Crippen LogP contribution in [0.15, 0.2) is 0 Å². The maximum atomic E-state index is 12.7. The van der Waals surface area contributed by atoms with Gasteiger partial charge < -0.3 is 10.1 Å². The lowest BCUT2D eigenvalue weighted by Crippen LogP contribution is -2.55. The molecule has 21 heavy (non-hydrogen) atoms. The van der Waals surface area contributed by atoms with Crippen molar-refractivity contribution >= 4 is 11.9 Å². The highest BCUT2D eigenvalue weighted by Gasteiger charge is 2.54. The van der Waals surface area contributed by atoms with Gasteiger partial charge in [0, 0.05) is 5.41 Å². The van der Waals surface area contributed by atoms with Crippen molar-refractivity contribution in [2.45, 2.75) is 51.5 Å². The van der Waals surface area contributed by atoms with Crippen molar-refractivity contribution in [3.05, 3.63) is 0 Å². The highest BCUT2D eigenvalue weighted by Crippen LogP contribution is 2.60. The van der Waals surface area contributed by atoms with E-state index < -0.39 is 12.0 Å². The molecular weight excluding hydrogens is 268 g/mol. The van der Waals surface area contributed by atoms with Crippen molar-refractivity contribution < 1.29 is 14.3 Å². The molecule has 4 fully saturated rings. The fraction of sp³-hybridized carbons (Fsp3) is 0.812. The molecule has 4 rings (SSSR count). The SMILES string of the molecule is C[C@H](NC(=O)C12CC3CC(CC(C3)C1)C2)C(=O)OCC#N. The molecule has 5 nitrogen and oxygen atoms in total. The van der Waals surface area contributed by atoms with E-state index in [9.17, 15) is 9.59 Å². The maximum absolute atomic E-state index is 12.7. The number of rotatable bonds is 4. The van der Waals surface area contributed by atoms with Gasteiger partial charge in [0.25, 0.3) is 0 Å². The summed E-state index contributed by atoms with van der Waals surface area (Å²) >= 11 is 0. The van der Waals surface area contributed by atoms with Crippen molar-refractivity contribution in [2.24, 2.45) is 23.2 Å². The molecule has 4 bridgehead atoms. The van der Waals surface area contributed by atoms with Gasteiger partial charge in [0.1, 0.15) is 12.1 Å². The van der Waals surface area contributed by atoms with Gasteiger partial charge in [-0.15, -0.1) is 0 Å². The zero-order valence-corrected chi connectivity index (χ0v) is 12.4. The van der Waals surface area contributed by atoms with Gasteiger partial charge in [-0.3, -0.25) is 4.79 Å². The number of nitriles is 1. The lowest BCUT2D eigenvalue weighted by atomic mass is 9.49. The molecule has 0 aromatic heterocycles. The molecule has 0 heterocycles. The Hall–Kier alpha value is -1.57. The molecule has 0 saturated heterocycles. The number of carbonyl (C=O) groups is 2. The van der Waals surface area contributed by atoms with E-state index in [-0.39, 0.29) is 17.9 Å². The number of nitrogens with one attached hydrogen (secondary N) is 1. The molecule has 1 atom stereocenters. The van der Waals surface area contributed by atoms with Crippen molar-refractivity contribution in [1.82, 2.24) is 5.32 Å². The number of carbonyl (C=O) groups excluding carboxylic acids is 2. The molecule has 0 aliphatic heterocycles. The first-order valence-corrected chi connectivity index (χ1v) is 7.87. The predicted molar refractivity (Wildman–Crippen MR) is 74.8 cm³/mol. The average Bonchev–Trinajstić information content (AvgIpc) is 2.43. The maximum Gasteiger partial charge on any atom is 0.329 e. The summed E-state index contributed by atoms with van der Waals surface area (Å²) in [6.45, 7) is 1.36. The zero-order valence-electron chi connectivity index (χ0n) is 12.4. The molecule has 114 valence electrons. The quantitative estimate of drug-likeness (QED) is 0.800. The van der Waals surface area contributed by atoms with Crippen LogP contribution < -0.4 is 5.32 Å². The first kappa shape index (κ1) is 14.4. The molecule has 0 unspecified atom stereocenters. The third-order valence-corrected chi connectivity index (χ3v) is 5.50. The zero-order chi connectivity index (χ0) is 15.0. The van der Waals surface area contributed by atoms with Crippen LogP contribution in [0.25, 0.3) is 0 Å². The summed E-state index contributed by atoms with van der Waals surface area (Å²) in [7, 11) is 0. The summed E-state index contributed by atoms with van der Waals surface area (Å²) in [6, 6.07) is 1.08. The highest BCUT2D eigenvalue weighted by atomic mass is 16.5. The second-order valence-corrected chi connectivity index (χ2v) is 7.16. The Morgan fingerprint density at radius 2 is 1.76 bits per heavy atom. The molecule has 5 heteroatoms. The third-order valence-electron chi connectivity index (χ3n) is 5.50. The molecule has 4 saturated carbocycles. The minimum atomic E-state index is -0.682. The third kappa shape index (κ3) is 2.64. The van der Waals surface area contributed by atoms with Crippen LogP contribution in [0.2, 0.25) is 0 Å². The van der Waals surface area contributed by atoms with Crippen LogP contribution in [0.5, 0.6) is 0 Å². The van der Waals surface area contributed by atoms with E-state index in [0.717, 1.165) is 19.3 Å². The van der Waals surface area contributed by atoms with Gasteiger partial charge in [-0.25, -0.2) is 4.79 Å². The molecule has 0 radical (unpaired) electrons. The molecule has 4 aliphatic carbocycles. The van der Waals surface area contributed by atoms with Crippen LogP contribution in [-0.2, 0) is 14.3 Å². The van der Waals surface area contributed by atoms with Crippen LogP contribution in [0.1, 0.15) is 45.4 Å². The highest BCUT2D eigenvalue weighted by molar-refractivity contribution is 5.88. The minimum Gasteiger partial charge on any atom is -0.449 e. The molecule has 0 aromatic carbocycles. The van der Waals surface area contributed by atoms with Gasteiger partial charge in [-0.05, 0) is 63.2 Å². The summed E-state index contributed by atoms with van der Waals surface area (Å²) in [5.41, 5.74) is -0.251. The Bertz CT molecular complexity index is 459. The van der Waals surface area contributed by atoms with Crippen LogP contribution in [-0.4, -0.2) is 24.5 Å². The van der Waals surface area contributed by atoms with Gasteiger partial charge in [0.15, 0.2) is 6.61 Å². The fourth-order valence-electron chi connectivity index (χ4n) is 5.03. The van der Waals surface area contributed by atoms with E-state index >= 15 is 0 Å². The summed E-state index contributed by atoms with van der Waals surface area (Å²) in [4.78, 5) is 24.4. The lowest BCUT2D eigenvalue weighted by molar-refractivity contribution is -0.153. The largest absolute Gasteiger partial charge is 0.449 e.